The second-order valence-corrected chi connectivity index (χ2v) is 7.01. The van der Waals surface area contributed by atoms with Crippen LogP contribution in [0.25, 0.3) is 0 Å². The van der Waals surface area contributed by atoms with Crippen molar-refractivity contribution in [3.05, 3.63) is 33.9 Å². The van der Waals surface area contributed by atoms with Gasteiger partial charge in [-0.1, -0.05) is 13.8 Å². The molecule has 0 radical (unpaired) electrons. The number of hydrogen-bond donors (Lipinski definition) is 2. The van der Waals surface area contributed by atoms with Gasteiger partial charge in [-0.25, -0.2) is 0 Å². The quantitative estimate of drug-likeness (QED) is 0.410. The van der Waals surface area contributed by atoms with Crippen molar-refractivity contribution in [3.8, 4) is 0 Å². The largest absolute Gasteiger partial charge is 0.350 e. The maximum atomic E-state index is 12.1. The Labute approximate surface area is 141 Å². The standard InChI is InChI=1S/C16H25N3O3S/c1-11(2)7-8-23-15-6-5-13(9-14(15)19(21)22)16(20)18-10-12(3)17-4/h5-6,9,11-12,17H,7-8,10H2,1-4H3,(H,18,20). The van der Waals surface area contributed by atoms with Crippen molar-refractivity contribution in [2.24, 2.45) is 5.92 Å². The predicted molar refractivity (Wildman–Crippen MR) is 94.1 cm³/mol. The number of nitrogens with one attached hydrogen (secondary N) is 2. The van der Waals surface area contributed by atoms with E-state index in [1.807, 2.05) is 14.0 Å². The summed E-state index contributed by atoms with van der Waals surface area (Å²) in [5.74, 6) is 1.08. The third-order valence-electron chi connectivity index (χ3n) is 3.43. The second kappa shape index (κ2) is 9.52. The molecule has 1 aromatic rings. The zero-order valence-electron chi connectivity index (χ0n) is 14.1. The Bertz CT molecular complexity index is 549. The lowest BCUT2D eigenvalue weighted by atomic mass is 10.2. The first-order valence-corrected chi connectivity index (χ1v) is 8.70. The normalized spacial score (nSPS) is 12.2. The molecule has 1 aromatic carbocycles. The molecule has 0 saturated carbocycles. The van der Waals surface area contributed by atoms with E-state index in [9.17, 15) is 14.9 Å². The smallest absolute Gasteiger partial charge is 0.283 e. The molecule has 6 nitrogen and oxygen atoms in total. The molecule has 1 amide bonds. The van der Waals surface area contributed by atoms with Crippen molar-refractivity contribution in [1.82, 2.24) is 10.6 Å². The molecule has 0 bridgehead atoms. The van der Waals surface area contributed by atoms with Crippen LogP contribution in [0.1, 0.15) is 37.6 Å². The van der Waals surface area contributed by atoms with E-state index in [0.29, 0.717) is 22.9 Å². The van der Waals surface area contributed by atoms with Crippen molar-refractivity contribution in [2.75, 3.05) is 19.3 Å². The Hall–Kier alpha value is -1.60. The van der Waals surface area contributed by atoms with Crippen molar-refractivity contribution in [2.45, 2.75) is 38.1 Å². The van der Waals surface area contributed by atoms with Crippen LogP contribution in [0.2, 0.25) is 0 Å². The number of nitrogens with zero attached hydrogens (tertiary/aromatic N) is 1. The van der Waals surface area contributed by atoms with Crippen molar-refractivity contribution >= 4 is 23.4 Å². The maximum absolute atomic E-state index is 12.1. The van der Waals surface area contributed by atoms with Gasteiger partial charge >= 0.3 is 0 Å². The zero-order chi connectivity index (χ0) is 17.4. The summed E-state index contributed by atoms with van der Waals surface area (Å²) in [6.45, 7) is 6.65. The highest BCUT2D eigenvalue weighted by molar-refractivity contribution is 7.99. The number of nitro benzene ring substituents is 1. The molecular weight excluding hydrogens is 314 g/mol. The number of thioether (sulfide) groups is 1. The van der Waals surface area contributed by atoms with E-state index in [1.165, 1.54) is 17.8 Å². The minimum Gasteiger partial charge on any atom is -0.350 e. The summed E-state index contributed by atoms with van der Waals surface area (Å²) in [4.78, 5) is 23.5. The summed E-state index contributed by atoms with van der Waals surface area (Å²) in [6.07, 6.45) is 0.992. The Morgan fingerprint density at radius 1 is 1.35 bits per heavy atom. The number of carbonyl (C=O) groups is 1. The Balaban J connectivity index is 2.82. The van der Waals surface area contributed by atoms with Crippen LogP contribution in [0.5, 0.6) is 0 Å². The minimum atomic E-state index is -0.426. The van der Waals surface area contributed by atoms with E-state index in [1.54, 1.807) is 12.1 Å². The zero-order valence-corrected chi connectivity index (χ0v) is 14.9. The van der Waals surface area contributed by atoms with Gasteiger partial charge in [0, 0.05) is 24.2 Å². The molecule has 0 fully saturated rings. The van der Waals surface area contributed by atoms with Gasteiger partial charge < -0.3 is 10.6 Å². The molecule has 128 valence electrons. The molecule has 0 aliphatic heterocycles. The van der Waals surface area contributed by atoms with Crippen molar-refractivity contribution in [1.29, 1.82) is 0 Å². The van der Waals surface area contributed by atoms with E-state index >= 15 is 0 Å². The van der Waals surface area contributed by atoms with Gasteiger partial charge in [0.2, 0.25) is 0 Å². The van der Waals surface area contributed by atoms with Crippen LogP contribution in [-0.4, -0.2) is 36.2 Å². The van der Waals surface area contributed by atoms with Crippen molar-refractivity contribution in [3.63, 3.8) is 0 Å². The summed E-state index contributed by atoms with van der Waals surface area (Å²) in [7, 11) is 1.81. The molecule has 0 aliphatic rings. The first-order valence-electron chi connectivity index (χ1n) is 7.71. The second-order valence-electron chi connectivity index (χ2n) is 5.87. The molecule has 7 heteroatoms. The maximum Gasteiger partial charge on any atom is 0.283 e. The van der Waals surface area contributed by atoms with Gasteiger partial charge in [-0.2, -0.15) is 0 Å². The van der Waals surface area contributed by atoms with Gasteiger partial charge in [0.05, 0.1) is 9.82 Å². The number of carbonyl (C=O) groups excluding carboxylic acids is 1. The van der Waals surface area contributed by atoms with Crippen molar-refractivity contribution < 1.29 is 9.72 Å². The lowest BCUT2D eigenvalue weighted by Gasteiger charge is -2.12. The summed E-state index contributed by atoms with van der Waals surface area (Å²) in [5.41, 5.74) is 0.307. The summed E-state index contributed by atoms with van der Waals surface area (Å²) >= 11 is 1.46. The molecule has 1 unspecified atom stereocenters. The minimum absolute atomic E-state index is 0.00642. The van der Waals surface area contributed by atoms with Gasteiger partial charge in [0.15, 0.2) is 0 Å². The van der Waals surface area contributed by atoms with Crippen LogP contribution < -0.4 is 10.6 Å². The van der Waals surface area contributed by atoms with Gasteiger partial charge in [-0.05, 0) is 44.2 Å². The lowest BCUT2D eigenvalue weighted by molar-refractivity contribution is -0.387. The summed E-state index contributed by atoms with van der Waals surface area (Å²) < 4.78 is 0. The Morgan fingerprint density at radius 2 is 2.04 bits per heavy atom. The van der Waals surface area contributed by atoms with Gasteiger partial charge in [0.25, 0.3) is 11.6 Å². The average Bonchev–Trinajstić information content (AvgIpc) is 2.51. The molecule has 0 aliphatic carbocycles. The Morgan fingerprint density at radius 3 is 2.61 bits per heavy atom. The lowest BCUT2D eigenvalue weighted by Crippen LogP contribution is -2.37. The molecule has 2 N–H and O–H groups in total. The third-order valence-corrected chi connectivity index (χ3v) is 4.53. The van der Waals surface area contributed by atoms with Gasteiger partial charge in [-0.3, -0.25) is 14.9 Å². The first kappa shape index (κ1) is 19.4. The van der Waals surface area contributed by atoms with Crippen LogP contribution in [0, 0.1) is 16.0 Å². The monoisotopic (exact) mass is 339 g/mol. The highest BCUT2D eigenvalue weighted by atomic mass is 32.2. The van der Waals surface area contributed by atoms with E-state index in [-0.39, 0.29) is 17.6 Å². The molecule has 0 aromatic heterocycles. The highest BCUT2D eigenvalue weighted by Crippen LogP contribution is 2.31. The molecule has 23 heavy (non-hydrogen) atoms. The number of benzene rings is 1. The topological polar surface area (TPSA) is 84.3 Å². The molecule has 1 rings (SSSR count). The fraction of sp³-hybridized carbons (Fsp3) is 0.562. The van der Waals surface area contributed by atoms with Crippen LogP contribution in [-0.2, 0) is 0 Å². The molecule has 1 atom stereocenters. The van der Waals surface area contributed by atoms with E-state index in [0.717, 1.165) is 12.2 Å². The molecule has 0 heterocycles. The van der Waals surface area contributed by atoms with E-state index < -0.39 is 4.92 Å². The van der Waals surface area contributed by atoms with Gasteiger partial charge in [0.1, 0.15) is 0 Å². The first-order chi connectivity index (χ1) is 10.8. The molecule has 0 spiro atoms. The number of amides is 1. The number of likely N-dealkylation sites (N-methyl/N-ethyl adjacent to an activating group) is 1. The fourth-order valence-electron chi connectivity index (χ4n) is 1.78. The van der Waals surface area contributed by atoms with Crippen LogP contribution >= 0.6 is 11.8 Å². The Kier molecular flexibility index (Phi) is 8.05. The average molecular weight is 339 g/mol. The number of rotatable bonds is 9. The van der Waals surface area contributed by atoms with Gasteiger partial charge in [-0.15, -0.1) is 11.8 Å². The summed E-state index contributed by atoms with van der Waals surface area (Å²) in [5, 5.41) is 17.0. The molecule has 0 saturated heterocycles. The van der Waals surface area contributed by atoms with E-state index in [2.05, 4.69) is 24.5 Å². The van der Waals surface area contributed by atoms with Crippen LogP contribution in [0.3, 0.4) is 0 Å². The van der Waals surface area contributed by atoms with E-state index in [4.69, 9.17) is 0 Å². The third kappa shape index (κ3) is 6.58. The SMILES string of the molecule is CNC(C)CNC(=O)c1ccc(SCCC(C)C)c([N+](=O)[O-])c1. The number of hydrogen-bond acceptors (Lipinski definition) is 5. The predicted octanol–water partition coefficient (Wildman–Crippen LogP) is 3.07. The number of nitro groups is 1. The van der Waals surface area contributed by atoms with Crippen LogP contribution in [0.15, 0.2) is 23.1 Å². The molecular formula is C16H25N3O3S. The van der Waals surface area contributed by atoms with Crippen LogP contribution in [0.4, 0.5) is 5.69 Å². The fourth-order valence-corrected chi connectivity index (χ4v) is 3.03. The summed E-state index contributed by atoms with van der Waals surface area (Å²) in [6, 6.07) is 4.81. The highest BCUT2D eigenvalue weighted by Gasteiger charge is 2.18.